The zero-order chi connectivity index (χ0) is 9.86. The van der Waals surface area contributed by atoms with Crippen LogP contribution in [-0.4, -0.2) is 18.5 Å². The first-order valence-electron chi connectivity index (χ1n) is 5.65. The summed E-state index contributed by atoms with van der Waals surface area (Å²) < 4.78 is 11.7. The van der Waals surface area contributed by atoms with Gasteiger partial charge in [0.15, 0.2) is 5.79 Å². The van der Waals surface area contributed by atoms with Crippen LogP contribution < -0.4 is 0 Å². The second-order valence-corrected chi connectivity index (χ2v) is 4.06. The van der Waals surface area contributed by atoms with Crippen LogP contribution in [0.3, 0.4) is 0 Å². The molecular formula is C12H18O2. The molecule has 0 bridgehead atoms. The van der Waals surface area contributed by atoms with Crippen molar-refractivity contribution in [3.05, 3.63) is 0 Å². The Labute approximate surface area is 86.0 Å². The molecule has 2 rings (SSSR count). The highest BCUT2D eigenvalue weighted by Gasteiger charge is 2.41. The third-order valence-corrected chi connectivity index (χ3v) is 2.91. The molecule has 1 spiro atoms. The van der Waals surface area contributed by atoms with Crippen molar-refractivity contribution in [1.29, 1.82) is 0 Å². The molecule has 0 aromatic carbocycles. The summed E-state index contributed by atoms with van der Waals surface area (Å²) in [5.41, 5.74) is 0. The van der Waals surface area contributed by atoms with Gasteiger partial charge in [0.25, 0.3) is 0 Å². The van der Waals surface area contributed by atoms with E-state index in [0.29, 0.717) is 6.61 Å². The smallest absolute Gasteiger partial charge is 0.170 e. The molecule has 1 saturated carbocycles. The summed E-state index contributed by atoms with van der Waals surface area (Å²) in [5, 5.41) is 0. The van der Waals surface area contributed by atoms with Crippen LogP contribution in [0.15, 0.2) is 0 Å². The van der Waals surface area contributed by atoms with Crippen molar-refractivity contribution in [2.24, 2.45) is 0 Å². The monoisotopic (exact) mass is 194 g/mol. The van der Waals surface area contributed by atoms with E-state index < -0.39 is 0 Å². The Hall–Kier alpha value is -0.520. The Kier molecular flexibility index (Phi) is 3.10. The van der Waals surface area contributed by atoms with Gasteiger partial charge in [0.05, 0.1) is 6.61 Å². The molecule has 0 unspecified atom stereocenters. The maximum atomic E-state index is 5.90. The maximum Gasteiger partial charge on any atom is 0.170 e. The first-order valence-corrected chi connectivity index (χ1v) is 5.65. The van der Waals surface area contributed by atoms with Crippen LogP contribution in [0.5, 0.6) is 0 Å². The van der Waals surface area contributed by atoms with Gasteiger partial charge in [-0.1, -0.05) is 19.3 Å². The van der Waals surface area contributed by atoms with E-state index in [9.17, 15) is 0 Å². The number of rotatable bonds is 0. The highest BCUT2D eigenvalue weighted by molar-refractivity contribution is 5.07. The number of hydrogen-bond acceptors (Lipinski definition) is 2. The molecule has 2 fully saturated rings. The quantitative estimate of drug-likeness (QED) is 0.551. The minimum Gasteiger partial charge on any atom is -0.346 e. The van der Waals surface area contributed by atoms with Gasteiger partial charge < -0.3 is 9.47 Å². The normalized spacial score (nSPS) is 29.9. The molecule has 1 atom stereocenters. The van der Waals surface area contributed by atoms with E-state index in [4.69, 9.17) is 9.47 Å². The Bertz CT molecular complexity index is 243. The van der Waals surface area contributed by atoms with Gasteiger partial charge in [-0.2, -0.15) is 0 Å². The molecule has 0 amide bonds. The molecule has 1 heterocycles. The number of hydrogen-bond donors (Lipinski definition) is 0. The van der Waals surface area contributed by atoms with Crippen LogP contribution in [0.2, 0.25) is 0 Å². The van der Waals surface area contributed by atoms with Crippen molar-refractivity contribution >= 4 is 0 Å². The summed E-state index contributed by atoms with van der Waals surface area (Å²) in [5.74, 6) is 5.90. The van der Waals surface area contributed by atoms with E-state index in [1.807, 2.05) is 0 Å². The topological polar surface area (TPSA) is 18.5 Å². The zero-order valence-electron chi connectivity index (χ0n) is 8.84. The Morgan fingerprint density at radius 2 is 2.07 bits per heavy atom. The molecule has 2 aliphatic rings. The minimum atomic E-state index is -0.259. The molecule has 1 aliphatic carbocycles. The molecule has 2 heteroatoms. The maximum absolute atomic E-state index is 5.90. The van der Waals surface area contributed by atoms with Gasteiger partial charge in [-0.05, 0) is 12.8 Å². The summed E-state index contributed by atoms with van der Waals surface area (Å²) in [6.45, 7) is 2.71. The molecule has 0 radical (unpaired) electrons. The van der Waals surface area contributed by atoms with E-state index in [-0.39, 0.29) is 11.9 Å². The lowest BCUT2D eigenvalue weighted by Crippen LogP contribution is -2.33. The van der Waals surface area contributed by atoms with Gasteiger partial charge >= 0.3 is 0 Å². The van der Waals surface area contributed by atoms with Crippen molar-refractivity contribution in [2.45, 2.75) is 57.3 Å². The predicted molar refractivity (Wildman–Crippen MR) is 54.7 cm³/mol. The Balaban J connectivity index is 1.92. The highest BCUT2D eigenvalue weighted by atomic mass is 16.7. The third-order valence-electron chi connectivity index (χ3n) is 2.91. The highest BCUT2D eigenvalue weighted by Crippen LogP contribution is 2.37. The van der Waals surface area contributed by atoms with Crippen molar-refractivity contribution < 1.29 is 9.47 Å². The van der Waals surface area contributed by atoms with Gasteiger partial charge in [0.2, 0.25) is 0 Å². The van der Waals surface area contributed by atoms with Crippen LogP contribution in [-0.2, 0) is 9.47 Å². The first kappa shape index (κ1) is 10.0. The molecule has 0 N–H and O–H groups in total. The Morgan fingerprint density at radius 1 is 1.29 bits per heavy atom. The van der Waals surface area contributed by atoms with Crippen LogP contribution in [0, 0.1) is 11.8 Å². The van der Waals surface area contributed by atoms with E-state index in [2.05, 4.69) is 18.8 Å². The van der Waals surface area contributed by atoms with Gasteiger partial charge in [-0.3, -0.25) is 0 Å². The average molecular weight is 194 g/mol. The van der Waals surface area contributed by atoms with Crippen molar-refractivity contribution in [2.75, 3.05) is 6.61 Å². The first-order chi connectivity index (χ1) is 6.85. The van der Waals surface area contributed by atoms with Crippen LogP contribution in [0.4, 0.5) is 0 Å². The SMILES string of the molecule is CCC#C[C@@H]1COC2(CCCCC2)O1. The molecule has 1 aliphatic heterocycles. The summed E-state index contributed by atoms with van der Waals surface area (Å²) in [6.07, 6.45) is 6.80. The van der Waals surface area contributed by atoms with Crippen molar-refractivity contribution in [3.8, 4) is 11.8 Å². The van der Waals surface area contributed by atoms with E-state index >= 15 is 0 Å². The fourth-order valence-electron chi connectivity index (χ4n) is 2.19. The van der Waals surface area contributed by atoms with Gasteiger partial charge in [0.1, 0.15) is 6.10 Å². The summed E-state index contributed by atoms with van der Waals surface area (Å²) >= 11 is 0. The standard InChI is InChI=1S/C12H18O2/c1-2-3-7-11-10-13-12(14-11)8-5-4-6-9-12/h11H,2,4-6,8-10H2,1H3/t11-/m1/s1. The molecular weight excluding hydrogens is 176 g/mol. The van der Waals surface area contributed by atoms with Crippen molar-refractivity contribution in [3.63, 3.8) is 0 Å². The second-order valence-electron chi connectivity index (χ2n) is 4.06. The average Bonchev–Trinajstić information content (AvgIpc) is 2.60. The second kappa shape index (κ2) is 4.33. The lowest BCUT2D eigenvalue weighted by Gasteiger charge is -2.31. The predicted octanol–water partition coefficient (Wildman–Crippen LogP) is 2.48. The van der Waals surface area contributed by atoms with Gasteiger partial charge in [-0.25, -0.2) is 0 Å². The summed E-state index contributed by atoms with van der Waals surface area (Å²) in [6, 6.07) is 0. The summed E-state index contributed by atoms with van der Waals surface area (Å²) in [4.78, 5) is 0. The lowest BCUT2D eigenvalue weighted by molar-refractivity contribution is -0.182. The fraction of sp³-hybridized carbons (Fsp3) is 0.833. The largest absolute Gasteiger partial charge is 0.346 e. The van der Waals surface area contributed by atoms with Crippen molar-refractivity contribution in [1.82, 2.24) is 0 Å². The van der Waals surface area contributed by atoms with Crippen LogP contribution >= 0.6 is 0 Å². The minimum absolute atomic E-state index is 0.0213. The van der Waals surface area contributed by atoms with E-state index in [1.165, 1.54) is 19.3 Å². The Morgan fingerprint density at radius 3 is 2.79 bits per heavy atom. The molecule has 0 aromatic heterocycles. The van der Waals surface area contributed by atoms with Gasteiger partial charge in [-0.15, -0.1) is 5.92 Å². The molecule has 1 saturated heterocycles. The number of ether oxygens (including phenoxy) is 2. The van der Waals surface area contributed by atoms with Crippen LogP contribution in [0.25, 0.3) is 0 Å². The zero-order valence-corrected chi connectivity index (χ0v) is 8.84. The molecule has 78 valence electrons. The molecule has 0 aromatic rings. The van der Waals surface area contributed by atoms with Crippen LogP contribution in [0.1, 0.15) is 45.4 Å². The lowest BCUT2D eigenvalue weighted by atomic mass is 9.94. The molecule has 2 nitrogen and oxygen atoms in total. The third kappa shape index (κ3) is 2.10. The van der Waals surface area contributed by atoms with E-state index in [1.54, 1.807) is 0 Å². The van der Waals surface area contributed by atoms with E-state index in [0.717, 1.165) is 19.3 Å². The summed E-state index contributed by atoms with van der Waals surface area (Å²) in [7, 11) is 0. The fourth-order valence-corrected chi connectivity index (χ4v) is 2.19. The molecule has 14 heavy (non-hydrogen) atoms. The van der Waals surface area contributed by atoms with Gasteiger partial charge in [0, 0.05) is 19.3 Å².